The number of halogens is 1. The molecule has 0 aromatic heterocycles. The van der Waals surface area contributed by atoms with Crippen molar-refractivity contribution in [2.75, 3.05) is 23.7 Å². The smallest absolute Gasteiger partial charge is 0.240 e. The van der Waals surface area contributed by atoms with Gasteiger partial charge in [-0.1, -0.05) is 0 Å². The molecule has 0 unspecified atom stereocenters. The van der Waals surface area contributed by atoms with Gasteiger partial charge in [0.05, 0.1) is 28.5 Å². The number of hydrogen-bond donors (Lipinski definition) is 1. The fourth-order valence-electron chi connectivity index (χ4n) is 2.17. The van der Waals surface area contributed by atoms with Crippen LogP contribution in [0.15, 0.2) is 53.4 Å². The lowest BCUT2D eigenvalue weighted by molar-refractivity contribution is 0.577. The molecule has 0 aliphatic rings. The zero-order valence-electron chi connectivity index (χ0n) is 13.8. The largest absolute Gasteiger partial charge is 0.269 e. The third-order valence-corrected chi connectivity index (χ3v) is 6.09. The van der Waals surface area contributed by atoms with Gasteiger partial charge in [-0.25, -0.2) is 25.9 Å². The molecule has 0 radical (unpaired) electrons. The highest BCUT2D eigenvalue weighted by Gasteiger charge is 2.19. The molecule has 0 saturated carbocycles. The Labute approximate surface area is 151 Å². The molecule has 0 aliphatic carbocycles. The number of anilines is 1. The van der Waals surface area contributed by atoms with Crippen LogP contribution in [0, 0.1) is 17.1 Å². The van der Waals surface area contributed by atoms with E-state index in [-0.39, 0.29) is 18.0 Å². The summed E-state index contributed by atoms with van der Waals surface area (Å²) in [7, 11) is -7.55. The predicted molar refractivity (Wildman–Crippen MR) is 94.9 cm³/mol. The number of rotatable bonds is 7. The van der Waals surface area contributed by atoms with Gasteiger partial charge in [0.1, 0.15) is 5.82 Å². The second-order valence-electron chi connectivity index (χ2n) is 5.35. The molecule has 10 heteroatoms. The summed E-state index contributed by atoms with van der Waals surface area (Å²) in [6, 6.07) is 12.1. The van der Waals surface area contributed by atoms with Crippen molar-refractivity contribution in [1.82, 2.24) is 4.72 Å². The van der Waals surface area contributed by atoms with E-state index in [4.69, 9.17) is 5.26 Å². The lowest BCUT2D eigenvalue weighted by atomic mass is 10.2. The minimum atomic E-state index is -3.89. The molecule has 0 bridgehead atoms. The fraction of sp³-hybridized carbons (Fsp3) is 0.188. The number of hydrogen-bond acceptors (Lipinski definition) is 5. The Morgan fingerprint density at radius 2 is 1.62 bits per heavy atom. The second-order valence-corrected chi connectivity index (χ2v) is 9.02. The van der Waals surface area contributed by atoms with E-state index in [0.29, 0.717) is 11.3 Å². The topological polar surface area (TPSA) is 107 Å². The Morgan fingerprint density at radius 3 is 2.12 bits per heavy atom. The molecule has 0 atom stereocenters. The van der Waals surface area contributed by atoms with Gasteiger partial charge in [-0.05, 0) is 48.5 Å². The molecule has 0 heterocycles. The lowest BCUT2D eigenvalue weighted by Gasteiger charge is -2.22. The molecule has 0 amide bonds. The first-order valence-electron chi connectivity index (χ1n) is 7.36. The quantitative estimate of drug-likeness (QED) is 0.761. The Bertz CT molecular complexity index is 1010. The summed E-state index contributed by atoms with van der Waals surface area (Å²) in [4.78, 5) is -0.122. The van der Waals surface area contributed by atoms with Crippen molar-refractivity contribution in [1.29, 1.82) is 5.26 Å². The summed E-state index contributed by atoms with van der Waals surface area (Å²) in [5.41, 5.74) is 0.687. The van der Waals surface area contributed by atoms with Gasteiger partial charge in [0.2, 0.25) is 20.0 Å². The molecule has 0 aliphatic heterocycles. The van der Waals surface area contributed by atoms with Gasteiger partial charge in [0.25, 0.3) is 0 Å². The number of sulfonamides is 2. The molecule has 2 rings (SSSR count). The molecular formula is C16H16FN3O4S2. The van der Waals surface area contributed by atoms with Crippen LogP contribution in [0.2, 0.25) is 0 Å². The molecule has 138 valence electrons. The van der Waals surface area contributed by atoms with Gasteiger partial charge in [0.15, 0.2) is 0 Å². The molecule has 0 spiro atoms. The first kappa shape index (κ1) is 19.8. The second kappa shape index (κ2) is 7.82. The Hall–Kier alpha value is -2.48. The summed E-state index contributed by atoms with van der Waals surface area (Å²) in [5, 5.41) is 8.80. The first-order valence-corrected chi connectivity index (χ1v) is 10.7. The van der Waals surface area contributed by atoms with Gasteiger partial charge in [-0.2, -0.15) is 5.26 Å². The van der Waals surface area contributed by atoms with E-state index in [1.54, 1.807) is 0 Å². The summed E-state index contributed by atoms with van der Waals surface area (Å²) in [6.45, 7) is -0.335. The van der Waals surface area contributed by atoms with E-state index in [9.17, 15) is 21.2 Å². The maximum atomic E-state index is 12.9. The van der Waals surface area contributed by atoms with Gasteiger partial charge in [-0.3, -0.25) is 4.31 Å². The van der Waals surface area contributed by atoms with E-state index in [1.165, 1.54) is 24.3 Å². The summed E-state index contributed by atoms with van der Waals surface area (Å²) in [6.07, 6.45) is 1.000. The van der Waals surface area contributed by atoms with Gasteiger partial charge >= 0.3 is 0 Å². The molecule has 0 fully saturated rings. The molecule has 1 N–H and O–H groups in total. The average molecular weight is 397 g/mol. The monoisotopic (exact) mass is 397 g/mol. The van der Waals surface area contributed by atoms with Crippen molar-refractivity contribution in [2.24, 2.45) is 0 Å². The normalized spacial score (nSPS) is 11.7. The van der Waals surface area contributed by atoms with Crippen LogP contribution in [0.3, 0.4) is 0 Å². The zero-order valence-corrected chi connectivity index (χ0v) is 15.4. The molecular weight excluding hydrogens is 381 g/mol. The number of nitrogens with zero attached hydrogens (tertiary/aromatic N) is 2. The highest BCUT2D eigenvalue weighted by atomic mass is 32.2. The van der Waals surface area contributed by atoms with Crippen molar-refractivity contribution in [3.8, 4) is 6.07 Å². The lowest BCUT2D eigenvalue weighted by Crippen LogP contribution is -2.38. The minimum Gasteiger partial charge on any atom is -0.269 e. The standard InChI is InChI=1S/C16H16FN3O4S2/c1-25(21,22)20(15-6-2-13(12-18)3-7-15)11-10-19-26(23,24)16-8-4-14(17)5-9-16/h2-9,19H,10-11H2,1H3. The van der Waals surface area contributed by atoms with Crippen LogP contribution < -0.4 is 9.03 Å². The molecule has 2 aromatic rings. The number of nitrogens with one attached hydrogen (secondary N) is 1. The maximum Gasteiger partial charge on any atom is 0.240 e. The molecule has 2 aromatic carbocycles. The Balaban J connectivity index is 2.12. The number of benzene rings is 2. The van der Waals surface area contributed by atoms with E-state index < -0.39 is 25.9 Å². The van der Waals surface area contributed by atoms with Gasteiger partial charge < -0.3 is 0 Å². The summed E-state index contributed by atoms with van der Waals surface area (Å²) >= 11 is 0. The van der Waals surface area contributed by atoms with Crippen LogP contribution in [0.25, 0.3) is 0 Å². The zero-order chi connectivity index (χ0) is 19.4. The van der Waals surface area contributed by atoms with Crippen molar-refractivity contribution < 1.29 is 21.2 Å². The van der Waals surface area contributed by atoms with E-state index >= 15 is 0 Å². The van der Waals surface area contributed by atoms with Crippen LogP contribution in [-0.4, -0.2) is 36.2 Å². The number of nitriles is 1. The maximum absolute atomic E-state index is 12.9. The van der Waals surface area contributed by atoms with Crippen LogP contribution in [0.1, 0.15) is 5.56 Å². The summed E-state index contributed by atoms with van der Waals surface area (Å²) < 4.78 is 64.5. The molecule has 0 saturated heterocycles. The van der Waals surface area contributed by atoms with Crippen LogP contribution in [0.4, 0.5) is 10.1 Å². The average Bonchev–Trinajstić information content (AvgIpc) is 2.58. The van der Waals surface area contributed by atoms with Crippen LogP contribution in [-0.2, 0) is 20.0 Å². The predicted octanol–water partition coefficient (Wildman–Crippen LogP) is 1.44. The third-order valence-electron chi connectivity index (χ3n) is 3.42. The summed E-state index contributed by atoms with van der Waals surface area (Å²) in [5.74, 6) is -0.562. The van der Waals surface area contributed by atoms with Gasteiger partial charge in [0, 0.05) is 13.1 Å². The van der Waals surface area contributed by atoms with Gasteiger partial charge in [-0.15, -0.1) is 0 Å². The Morgan fingerprint density at radius 1 is 1.04 bits per heavy atom. The molecule has 26 heavy (non-hydrogen) atoms. The van der Waals surface area contributed by atoms with Crippen molar-refractivity contribution in [2.45, 2.75) is 4.90 Å². The minimum absolute atomic E-state index is 0.122. The fourth-order valence-corrected chi connectivity index (χ4v) is 4.12. The van der Waals surface area contributed by atoms with Crippen molar-refractivity contribution >= 4 is 25.7 Å². The third kappa shape index (κ3) is 5.01. The SMILES string of the molecule is CS(=O)(=O)N(CCNS(=O)(=O)c1ccc(F)cc1)c1ccc(C#N)cc1. The van der Waals surface area contributed by atoms with E-state index in [2.05, 4.69) is 4.72 Å². The molecule has 7 nitrogen and oxygen atoms in total. The highest BCUT2D eigenvalue weighted by molar-refractivity contribution is 7.92. The highest BCUT2D eigenvalue weighted by Crippen LogP contribution is 2.18. The van der Waals surface area contributed by atoms with Crippen molar-refractivity contribution in [3.63, 3.8) is 0 Å². The van der Waals surface area contributed by atoms with E-state index in [1.807, 2.05) is 6.07 Å². The first-order chi connectivity index (χ1) is 12.1. The van der Waals surface area contributed by atoms with Crippen molar-refractivity contribution in [3.05, 3.63) is 59.9 Å². The van der Waals surface area contributed by atoms with Crippen LogP contribution in [0.5, 0.6) is 0 Å². The van der Waals surface area contributed by atoms with Crippen LogP contribution >= 0.6 is 0 Å². The Kier molecular flexibility index (Phi) is 5.97. The van der Waals surface area contributed by atoms with E-state index in [0.717, 1.165) is 34.8 Å².